The molecule has 0 atom stereocenters. The van der Waals surface area contributed by atoms with Gasteiger partial charge in [-0.3, -0.25) is 4.98 Å². The average molecular weight is 392 g/mol. The molecule has 0 amide bonds. The molecule has 2 aromatic rings. The van der Waals surface area contributed by atoms with Crippen LogP contribution in [0.25, 0.3) is 10.9 Å². The topological polar surface area (TPSA) is 45.7 Å². The van der Waals surface area contributed by atoms with E-state index in [1.807, 2.05) is 6.92 Å². The van der Waals surface area contributed by atoms with Gasteiger partial charge in [0.2, 0.25) is 0 Å². The second-order valence-electron chi connectivity index (χ2n) is 7.36. The molecule has 1 saturated heterocycles. The smallest absolute Gasteiger partial charge is 0.341 e. The quantitative estimate of drug-likeness (QED) is 0.737. The van der Waals surface area contributed by atoms with Gasteiger partial charge in [-0.15, -0.1) is 12.4 Å². The van der Waals surface area contributed by atoms with Crippen molar-refractivity contribution in [2.75, 3.05) is 38.7 Å². The van der Waals surface area contributed by atoms with Gasteiger partial charge >= 0.3 is 5.97 Å². The number of ether oxygens (including phenoxy) is 1. The highest BCUT2D eigenvalue weighted by molar-refractivity contribution is 6.06. The molecule has 0 aliphatic carbocycles. The Morgan fingerprint density at radius 3 is 2.59 bits per heavy atom. The second-order valence-corrected chi connectivity index (χ2v) is 7.36. The standard InChI is InChI=1S/C21H29N3O2.ClH/c1-6-26-21(25)18-13-22-19-15(3)11-14(2)12-17(19)20(18)24(5)16-7-9-23(4)10-8-16;/h11-13,16H,6-10H2,1-5H3;1H. The SMILES string of the molecule is CCOC(=O)c1cnc2c(C)cc(C)cc2c1N(C)C1CCN(C)CC1.Cl. The van der Waals surface area contributed by atoms with Gasteiger partial charge in [-0.1, -0.05) is 11.6 Å². The van der Waals surface area contributed by atoms with Crippen molar-refractivity contribution in [3.05, 3.63) is 35.0 Å². The first-order valence-corrected chi connectivity index (χ1v) is 9.40. The van der Waals surface area contributed by atoms with Crippen LogP contribution in [-0.4, -0.2) is 55.7 Å². The maximum absolute atomic E-state index is 12.6. The van der Waals surface area contributed by atoms with Crippen LogP contribution in [0, 0.1) is 13.8 Å². The van der Waals surface area contributed by atoms with E-state index in [-0.39, 0.29) is 18.4 Å². The molecule has 1 aliphatic heterocycles. The average Bonchev–Trinajstić information content (AvgIpc) is 2.61. The van der Waals surface area contributed by atoms with E-state index in [1.54, 1.807) is 6.20 Å². The number of fused-ring (bicyclic) bond motifs is 1. The molecular weight excluding hydrogens is 362 g/mol. The van der Waals surface area contributed by atoms with Crippen molar-refractivity contribution < 1.29 is 9.53 Å². The van der Waals surface area contributed by atoms with Crippen LogP contribution in [0.15, 0.2) is 18.3 Å². The van der Waals surface area contributed by atoms with Crippen LogP contribution in [0.4, 0.5) is 5.69 Å². The first kappa shape index (κ1) is 21.5. The molecule has 0 N–H and O–H groups in total. The van der Waals surface area contributed by atoms with Gasteiger partial charge in [0.05, 0.1) is 17.8 Å². The number of pyridine rings is 1. The zero-order valence-electron chi connectivity index (χ0n) is 16.9. The summed E-state index contributed by atoms with van der Waals surface area (Å²) in [5.41, 5.74) is 4.78. The molecule has 1 fully saturated rings. The highest BCUT2D eigenvalue weighted by atomic mass is 35.5. The van der Waals surface area contributed by atoms with Crippen molar-refractivity contribution in [2.24, 2.45) is 0 Å². The summed E-state index contributed by atoms with van der Waals surface area (Å²) in [5.74, 6) is -0.296. The molecule has 1 aromatic carbocycles. The van der Waals surface area contributed by atoms with Crippen molar-refractivity contribution in [2.45, 2.75) is 39.7 Å². The third-order valence-corrected chi connectivity index (χ3v) is 5.36. The minimum absolute atomic E-state index is 0. The lowest BCUT2D eigenvalue weighted by Gasteiger charge is -2.37. The number of hydrogen-bond acceptors (Lipinski definition) is 5. The van der Waals surface area contributed by atoms with Crippen LogP contribution in [0.3, 0.4) is 0 Å². The van der Waals surface area contributed by atoms with E-state index in [1.165, 1.54) is 5.56 Å². The van der Waals surface area contributed by atoms with E-state index in [4.69, 9.17) is 4.74 Å². The highest BCUT2D eigenvalue weighted by Crippen LogP contribution is 2.34. The third-order valence-electron chi connectivity index (χ3n) is 5.36. The van der Waals surface area contributed by atoms with Crippen LogP contribution in [-0.2, 0) is 4.74 Å². The first-order chi connectivity index (χ1) is 12.4. The number of anilines is 1. The molecule has 148 valence electrons. The fraction of sp³-hybridized carbons (Fsp3) is 0.524. The van der Waals surface area contributed by atoms with Gasteiger partial charge in [0.15, 0.2) is 0 Å². The van der Waals surface area contributed by atoms with Gasteiger partial charge < -0.3 is 14.5 Å². The molecule has 5 nitrogen and oxygen atoms in total. The Labute approximate surface area is 168 Å². The van der Waals surface area contributed by atoms with Gasteiger partial charge in [-0.25, -0.2) is 4.79 Å². The van der Waals surface area contributed by atoms with E-state index in [0.717, 1.165) is 48.1 Å². The summed E-state index contributed by atoms with van der Waals surface area (Å²) in [4.78, 5) is 21.8. The number of rotatable bonds is 4. The maximum Gasteiger partial charge on any atom is 0.341 e. The number of aryl methyl sites for hydroxylation is 2. The van der Waals surface area contributed by atoms with E-state index in [9.17, 15) is 4.79 Å². The Morgan fingerprint density at radius 2 is 1.96 bits per heavy atom. The zero-order valence-corrected chi connectivity index (χ0v) is 17.7. The van der Waals surface area contributed by atoms with Crippen molar-refractivity contribution >= 4 is 35.0 Å². The fourth-order valence-electron chi connectivity index (χ4n) is 3.95. The maximum atomic E-state index is 12.6. The molecular formula is C21H30ClN3O2. The van der Waals surface area contributed by atoms with E-state index < -0.39 is 0 Å². The van der Waals surface area contributed by atoms with Crippen molar-refractivity contribution in [1.29, 1.82) is 0 Å². The fourth-order valence-corrected chi connectivity index (χ4v) is 3.95. The number of esters is 1. The van der Waals surface area contributed by atoms with Crippen LogP contribution >= 0.6 is 12.4 Å². The summed E-state index contributed by atoms with van der Waals surface area (Å²) in [5, 5.41) is 1.04. The van der Waals surface area contributed by atoms with Gasteiger partial charge in [-0.05, 0) is 65.4 Å². The predicted molar refractivity (Wildman–Crippen MR) is 113 cm³/mol. The van der Waals surface area contributed by atoms with Crippen LogP contribution < -0.4 is 4.90 Å². The predicted octanol–water partition coefficient (Wildman–Crippen LogP) is 3.98. The first-order valence-electron chi connectivity index (χ1n) is 9.40. The van der Waals surface area contributed by atoms with Gasteiger partial charge in [0, 0.05) is 24.7 Å². The number of carbonyl (C=O) groups is 1. The highest BCUT2D eigenvalue weighted by Gasteiger charge is 2.27. The minimum Gasteiger partial charge on any atom is -0.462 e. The number of benzene rings is 1. The Hall–Kier alpha value is -1.85. The van der Waals surface area contributed by atoms with Crippen LogP contribution in [0.2, 0.25) is 0 Å². The Balaban J connectivity index is 0.00000261. The van der Waals surface area contributed by atoms with Gasteiger partial charge in [0.25, 0.3) is 0 Å². The molecule has 0 saturated carbocycles. The second kappa shape index (κ2) is 8.89. The number of nitrogens with zero attached hydrogens (tertiary/aromatic N) is 3. The van der Waals surface area contributed by atoms with Gasteiger partial charge in [-0.2, -0.15) is 0 Å². The summed E-state index contributed by atoms with van der Waals surface area (Å²) >= 11 is 0. The molecule has 0 radical (unpaired) electrons. The summed E-state index contributed by atoms with van der Waals surface area (Å²) in [6.45, 7) is 8.51. The zero-order chi connectivity index (χ0) is 18.8. The van der Waals surface area contributed by atoms with Crippen LogP contribution in [0.5, 0.6) is 0 Å². The third kappa shape index (κ3) is 4.36. The molecule has 1 aromatic heterocycles. The molecule has 2 heterocycles. The van der Waals surface area contributed by atoms with Gasteiger partial charge in [0.1, 0.15) is 5.56 Å². The van der Waals surface area contributed by atoms with Crippen molar-refractivity contribution in [1.82, 2.24) is 9.88 Å². The lowest BCUT2D eigenvalue weighted by atomic mass is 9.98. The van der Waals surface area contributed by atoms with Crippen molar-refractivity contribution in [3.63, 3.8) is 0 Å². The monoisotopic (exact) mass is 391 g/mol. The summed E-state index contributed by atoms with van der Waals surface area (Å²) in [6.07, 6.45) is 3.86. The molecule has 0 unspecified atom stereocenters. The number of carbonyl (C=O) groups excluding carboxylic acids is 1. The molecule has 3 rings (SSSR count). The van der Waals surface area contributed by atoms with Crippen LogP contribution in [0.1, 0.15) is 41.3 Å². The number of hydrogen-bond donors (Lipinski definition) is 0. The van der Waals surface area contributed by atoms with E-state index in [2.05, 4.69) is 54.9 Å². The molecule has 0 bridgehead atoms. The molecule has 6 heteroatoms. The molecule has 1 aliphatic rings. The minimum atomic E-state index is -0.296. The lowest BCUT2D eigenvalue weighted by Crippen LogP contribution is -2.42. The Bertz CT molecular complexity index is 817. The number of likely N-dealkylation sites (tertiary alicyclic amines) is 1. The Morgan fingerprint density at radius 1 is 1.30 bits per heavy atom. The molecule has 27 heavy (non-hydrogen) atoms. The largest absolute Gasteiger partial charge is 0.462 e. The van der Waals surface area contributed by atoms with E-state index >= 15 is 0 Å². The summed E-state index contributed by atoms with van der Waals surface area (Å²) in [7, 11) is 4.26. The molecule has 0 spiro atoms. The number of aromatic nitrogens is 1. The Kier molecular flexibility index (Phi) is 7.06. The van der Waals surface area contributed by atoms with E-state index in [0.29, 0.717) is 18.2 Å². The number of piperidine rings is 1. The van der Waals surface area contributed by atoms with Crippen molar-refractivity contribution in [3.8, 4) is 0 Å². The normalized spacial score (nSPS) is 15.4. The number of halogens is 1. The summed E-state index contributed by atoms with van der Waals surface area (Å²) in [6, 6.07) is 4.68. The lowest BCUT2D eigenvalue weighted by molar-refractivity contribution is 0.0526. The summed E-state index contributed by atoms with van der Waals surface area (Å²) < 4.78 is 5.32.